The van der Waals surface area contributed by atoms with E-state index in [1.807, 2.05) is 0 Å². The molecule has 2 rings (SSSR count). The first-order valence-electron chi connectivity index (χ1n) is 7.03. The third kappa shape index (κ3) is 4.16. The van der Waals surface area contributed by atoms with Gasteiger partial charge < -0.3 is 15.8 Å². The predicted octanol–water partition coefficient (Wildman–Crippen LogP) is 1.62. The van der Waals surface area contributed by atoms with Gasteiger partial charge in [-0.05, 0) is 30.4 Å². The summed E-state index contributed by atoms with van der Waals surface area (Å²) in [7, 11) is 0. The molecule has 1 aromatic rings. The number of benzene rings is 1. The molecule has 1 atom stereocenters. The van der Waals surface area contributed by atoms with E-state index in [0.717, 1.165) is 12.8 Å². The molecule has 1 aromatic carbocycles. The number of non-ortho nitro benzene ring substituents is 1. The average Bonchev–Trinajstić information content (AvgIpc) is 2.53. The fraction of sp³-hybridized carbons (Fsp3) is 0.500. The van der Waals surface area contributed by atoms with Crippen LogP contribution < -0.4 is 11.1 Å². The Bertz CT molecular complexity index is 561. The lowest BCUT2D eigenvalue weighted by molar-refractivity contribution is -0.384. The van der Waals surface area contributed by atoms with Crippen LogP contribution in [0.3, 0.4) is 0 Å². The minimum absolute atomic E-state index is 0.0672. The number of nitrogens with two attached hydrogens (primary N) is 1. The Morgan fingerprint density at radius 2 is 2.18 bits per heavy atom. The molecule has 3 N–H and O–H groups in total. The smallest absolute Gasteiger partial charge is 0.269 e. The van der Waals surface area contributed by atoms with Crippen LogP contribution in [-0.2, 0) is 16.1 Å². The van der Waals surface area contributed by atoms with Gasteiger partial charge >= 0.3 is 0 Å². The number of nitro groups is 1. The van der Waals surface area contributed by atoms with Gasteiger partial charge in [0.1, 0.15) is 0 Å². The zero-order valence-corrected chi connectivity index (χ0v) is 12.7. The van der Waals surface area contributed by atoms with Gasteiger partial charge in [-0.1, -0.05) is 11.6 Å². The molecule has 0 bridgehead atoms. The fourth-order valence-corrected chi connectivity index (χ4v) is 2.58. The monoisotopic (exact) mass is 327 g/mol. The summed E-state index contributed by atoms with van der Waals surface area (Å²) in [4.78, 5) is 22.3. The van der Waals surface area contributed by atoms with Crippen LogP contribution in [0.4, 0.5) is 5.69 Å². The third-order valence-corrected chi connectivity index (χ3v) is 4.14. The van der Waals surface area contributed by atoms with Crippen molar-refractivity contribution in [3.63, 3.8) is 0 Å². The maximum atomic E-state index is 12.1. The van der Waals surface area contributed by atoms with E-state index in [0.29, 0.717) is 23.8 Å². The van der Waals surface area contributed by atoms with E-state index in [1.54, 1.807) is 0 Å². The molecule has 0 radical (unpaired) electrons. The number of hydrogen-bond acceptors (Lipinski definition) is 5. The van der Waals surface area contributed by atoms with Crippen molar-refractivity contribution >= 4 is 23.2 Å². The lowest BCUT2D eigenvalue weighted by Gasteiger charge is -2.26. The van der Waals surface area contributed by atoms with Gasteiger partial charge in [0.2, 0.25) is 5.91 Å². The van der Waals surface area contributed by atoms with E-state index < -0.39 is 11.0 Å². The SMILES string of the molecule is NC(C(=O)NCc1cc([N+](=O)[O-])ccc1Cl)C1CCOCC1. The van der Waals surface area contributed by atoms with Gasteiger partial charge in [0, 0.05) is 36.9 Å². The number of amides is 1. The lowest BCUT2D eigenvalue weighted by Crippen LogP contribution is -2.46. The average molecular weight is 328 g/mol. The van der Waals surface area contributed by atoms with Gasteiger partial charge in [-0.15, -0.1) is 0 Å². The summed E-state index contributed by atoms with van der Waals surface area (Å²) < 4.78 is 5.24. The Kier molecular flexibility index (Phi) is 5.70. The van der Waals surface area contributed by atoms with Gasteiger partial charge in [0.15, 0.2) is 0 Å². The van der Waals surface area contributed by atoms with E-state index in [1.165, 1.54) is 18.2 Å². The van der Waals surface area contributed by atoms with E-state index in [4.69, 9.17) is 22.1 Å². The molecular weight excluding hydrogens is 310 g/mol. The second-order valence-corrected chi connectivity index (χ2v) is 5.63. The lowest BCUT2D eigenvalue weighted by atomic mass is 9.92. The predicted molar refractivity (Wildman–Crippen MR) is 81.5 cm³/mol. The summed E-state index contributed by atoms with van der Waals surface area (Å²) in [5, 5.41) is 13.8. The number of halogens is 1. The van der Waals surface area contributed by atoms with Crippen LogP contribution in [0.1, 0.15) is 18.4 Å². The molecule has 1 aliphatic rings. The number of rotatable bonds is 5. The number of nitrogens with one attached hydrogen (secondary N) is 1. The van der Waals surface area contributed by atoms with Crippen LogP contribution in [0.2, 0.25) is 5.02 Å². The van der Waals surface area contributed by atoms with E-state index >= 15 is 0 Å². The maximum absolute atomic E-state index is 12.1. The number of carbonyl (C=O) groups excluding carboxylic acids is 1. The molecule has 1 aliphatic heterocycles. The van der Waals surface area contributed by atoms with Crippen molar-refractivity contribution < 1.29 is 14.5 Å². The standard InChI is InChI=1S/C14H18ClN3O4/c15-12-2-1-11(18(20)21)7-10(12)8-17-14(19)13(16)9-3-5-22-6-4-9/h1-2,7,9,13H,3-6,8,16H2,(H,17,19). The Balaban J connectivity index is 1.95. The molecule has 1 heterocycles. The number of nitrogens with zero attached hydrogens (tertiary/aromatic N) is 1. The van der Waals surface area contributed by atoms with Crippen molar-refractivity contribution in [2.75, 3.05) is 13.2 Å². The number of hydrogen-bond donors (Lipinski definition) is 2. The molecule has 0 saturated carbocycles. The Hall–Kier alpha value is -1.70. The van der Waals surface area contributed by atoms with Crippen LogP contribution in [0, 0.1) is 16.0 Å². The first kappa shape index (κ1) is 16.7. The van der Waals surface area contributed by atoms with Crippen LogP contribution in [0.5, 0.6) is 0 Å². The summed E-state index contributed by atoms with van der Waals surface area (Å²) in [6.45, 7) is 1.33. The fourth-order valence-electron chi connectivity index (χ4n) is 2.40. The van der Waals surface area contributed by atoms with Crippen molar-refractivity contribution in [1.29, 1.82) is 0 Å². The van der Waals surface area contributed by atoms with Gasteiger partial charge in [0.05, 0.1) is 11.0 Å². The van der Waals surface area contributed by atoms with E-state index in [2.05, 4.69) is 5.32 Å². The number of carbonyl (C=O) groups is 1. The Morgan fingerprint density at radius 1 is 1.50 bits per heavy atom. The quantitative estimate of drug-likeness (QED) is 0.631. The zero-order valence-electron chi connectivity index (χ0n) is 12.0. The van der Waals surface area contributed by atoms with E-state index in [9.17, 15) is 14.9 Å². The number of ether oxygens (including phenoxy) is 1. The van der Waals surface area contributed by atoms with Crippen LogP contribution in [-0.4, -0.2) is 30.1 Å². The van der Waals surface area contributed by atoms with Crippen molar-refractivity contribution in [1.82, 2.24) is 5.32 Å². The molecule has 1 unspecified atom stereocenters. The Morgan fingerprint density at radius 3 is 2.82 bits per heavy atom. The molecule has 1 saturated heterocycles. The Labute approximate surface area is 132 Å². The van der Waals surface area contributed by atoms with Crippen molar-refractivity contribution in [3.05, 3.63) is 38.9 Å². The van der Waals surface area contributed by atoms with E-state index in [-0.39, 0.29) is 24.1 Å². The molecule has 8 heteroatoms. The molecule has 0 aromatic heterocycles. The van der Waals surface area contributed by atoms with Gasteiger partial charge in [-0.25, -0.2) is 0 Å². The van der Waals surface area contributed by atoms with Gasteiger partial charge in [-0.2, -0.15) is 0 Å². The summed E-state index contributed by atoms with van der Waals surface area (Å²) in [6, 6.07) is 3.50. The minimum Gasteiger partial charge on any atom is -0.381 e. The highest BCUT2D eigenvalue weighted by Crippen LogP contribution is 2.22. The molecule has 120 valence electrons. The molecular formula is C14H18ClN3O4. The molecule has 22 heavy (non-hydrogen) atoms. The summed E-state index contributed by atoms with van der Waals surface area (Å²) in [5.74, 6) is -0.191. The zero-order chi connectivity index (χ0) is 16.1. The highest BCUT2D eigenvalue weighted by molar-refractivity contribution is 6.31. The highest BCUT2D eigenvalue weighted by atomic mass is 35.5. The second-order valence-electron chi connectivity index (χ2n) is 5.23. The molecule has 0 spiro atoms. The van der Waals surface area contributed by atoms with Crippen LogP contribution in [0.25, 0.3) is 0 Å². The normalized spacial score (nSPS) is 17.0. The van der Waals surface area contributed by atoms with Gasteiger partial charge in [-0.3, -0.25) is 14.9 Å². The van der Waals surface area contributed by atoms with Crippen molar-refractivity contribution in [3.8, 4) is 0 Å². The summed E-state index contributed by atoms with van der Waals surface area (Å²) in [6.07, 6.45) is 1.51. The van der Waals surface area contributed by atoms with Crippen molar-refractivity contribution in [2.45, 2.75) is 25.4 Å². The highest BCUT2D eigenvalue weighted by Gasteiger charge is 2.26. The number of nitro benzene ring substituents is 1. The first-order chi connectivity index (χ1) is 10.5. The summed E-state index contributed by atoms with van der Waals surface area (Å²) in [5.41, 5.74) is 6.39. The third-order valence-electron chi connectivity index (χ3n) is 3.77. The largest absolute Gasteiger partial charge is 0.381 e. The molecule has 0 aliphatic carbocycles. The second kappa shape index (κ2) is 7.53. The van der Waals surface area contributed by atoms with Gasteiger partial charge in [0.25, 0.3) is 5.69 Å². The molecule has 1 amide bonds. The molecule has 7 nitrogen and oxygen atoms in total. The minimum atomic E-state index is -0.610. The van der Waals surface area contributed by atoms with Crippen LogP contribution >= 0.6 is 11.6 Å². The maximum Gasteiger partial charge on any atom is 0.269 e. The topological polar surface area (TPSA) is 107 Å². The van der Waals surface area contributed by atoms with Crippen molar-refractivity contribution in [2.24, 2.45) is 11.7 Å². The first-order valence-corrected chi connectivity index (χ1v) is 7.40. The van der Waals surface area contributed by atoms with Crippen LogP contribution in [0.15, 0.2) is 18.2 Å². The summed E-state index contributed by atoms with van der Waals surface area (Å²) >= 11 is 5.99. The molecule has 1 fully saturated rings.